The third kappa shape index (κ3) is 1.16. The van der Waals surface area contributed by atoms with Crippen LogP contribution in [0.4, 0.5) is 0 Å². The molecule has 72 valence electrons. The molecule has 3 rings (SSSR count). The van der Waals surface area contributed by atoms with Crippen molar-refractivity contribution in [3.8, 4) is 0 Å². The SMILES string of the molecule is CC1(c2nc(Cl)c3ccsc3n2)CC1. The van der Waals surface area contributed by atoms with E-state index >= 15 is 0 Å². The minimum atomic E-state index is 0.196. The highest BCUT2D eigenvalue weighted by Crippen LogP contribution is 2.46. The summed E-state index contributed by atoms with van der Waals surface area (Å²) in [6.45, 7) is 2.19. The first-order chi connectivity index (χ1) is 6.69. The van der Waals surface area contributed by atoms with Gasteiger partial charge in [-0.2, -0.15) is 0 Å². The van der Waals surface area contributed by atoms with Gasteiger partial charge in [0.25, 0.3) is 0 Å². The molecular formula is C10H9ClN2S. The smallest absolute Gasteiger partial charge is 0.141 e. The Morgan fingerprint density at radius 2 is 2.21 bits per heavy atom. The van der Waals surface area contributed by atoms with Crippen LogP contribution >= 0.6 is 22.9 Å². The van der Waals surface area contributed by atoms with E-state index in [1.54, 1.807) is 11.3 Å². The molecule has 2 heterocycles. The van der Waals surface area contributed by atoms with Crippen molar-refractivity contribution in [2.75, 3.05) is 0 Å². The van der Waals surface area contributed by atoms with Crippen LogP contribution in [0.3, 0.4) is 0 Å². The highest BCUT2D eigenvalue weighted by molar-refractivity contribution is 7.16. The molecule has 0 saturated heterocycles. The van der Waals surface area contributed by atoms with Gasteiger partial charge in [-0.25, -0.2) is 9.97 Å². The summed E-state index contributed by atoms with van der Waals surface area (Å²) in [7, 11) is 0. The van der Waals surface area contributed by atoms with Crippen molar-refractivity contribution < 1.29 is 0 Å². The lowest BCUT2D eigenvalue weighted by molar-refractivity contribution is 0.716. The fourth-order valence-electron chi connectivity index (χ4n) is 1.50. The van der Waals surface area contributed by atoms with E-state index in [1.807, 2.05) is 11.4 Å². The second-order valence-electron chi connectivity index (χ2n) is 4.04. The van der Waals surface area contributed by atoms with Crippen LogP contribution < -0.4 is 0 Å². The molecule has 2 aromatic rings. The highest BCUT2D eigenvalue weighted by atomic mass is 35.5. The second kappa shape index (κ2) is 2.67. The van der Waals surface area contributed by atoms with Gasteiger partial charge in [0.2, 0.25) is 0 Å². The first-order valence-electron chi connectivity index (χ1n) is 4.60. The topological polar surface area (TPSA) is 25.8 Å². The van der Waals surface area contributed by atoms with Gasteiger partial charge in [0.1, 0.15) is 15.8 Å². The predicted octanol–water partition coefficient (Wildman–Crippen LogP) is 3.40. The molecule has 1 fully saturated rings. The molecule has 1 saturated carbocycles. The van der Waals surface area contributed by atoms with Crippen LogP contribution in [0.2, 0.25) is 5.15 Å². The average Bonchev–Trinajstić information content (AvgIpc) is 2.75. The summed E-state index contributed by atoms with van der Waals surface area (Å²) in [4.78, 5) is 9.93. The molecule has 0 radical (unpaired) electrons. The van der Waals surface area contributed by atoms with Gasteiger partial charge in [-0.3, -0.25) is 0 Å². The summed E-state index contributed by atoms with van der Waals surface area (Å²) in [6, 6.07) is 1.97. The molecule has 0 unspecified atom stereocenters. The van der Waals surface area contributed by atoms with E-state index < -0.39 is 0 Å². The molecule has 4 heteroatoms. The third-order valence-electron chi connectivity index (χ3n) is 2.82. The minimum absolute atomic E-state index is 0.196. The van der Waals surface area contributed by atoms with E-state index in [4.69, 9.17) is 11.6 Å². The molecule has 0 aliphatic heterocycles. The van der Waals surface area contributed by atoms with Gasteiger partial charge in [-0.1, -0.05) is 18.5 Å². The molecule has 14 heavy (non-hydrogen) atoms. The standard InChI is InChI=1S/C10H9ClN2S/c1-10(3-4-10)9-12-7(11)6-2-5-14-8(6)13-9/h2,5H,3-4H2,1H3. The number of hydrogen-bond donors (Lipinski definition) is 0. The molecule has 0 N–H and O–H groups in total. The second-order valence-corrected chi connectivity index (χ2v) is 5.29. The lowest BCUT2D eigenvalue weighted by Gasteiger charge is -2.06. The number of thiophene rings is 1. The summed E-state index contributed by atoms with van der Waals surface area (Å²) in [5, 5.41) is 3.58. The van der Waals surface area contributed by atoms with Gasteiger partial charge >= 0.3 is 0 Å². The number of nitrogens with zero attached hydrogens (tertiary/aromatic N) is 2. The van der Waals surface area contributed by atoms with Crippen molar-refractivity contribution in [3.05, 3.63) is 22.4 Å². The van der Waals surface area contributed by atoms with Crippen LogP contribution in [0.5, 0.6) is 0 Å². The predicted molar refractivity (Wildman–Crippen MR) is 59.0 cm³/mol. The average molecular weight is 225 g/mol. The normalized spacial score (nSPS) is 18.7. The molecule has 2 nitrogen and oxygen atoms in total. The van der Waals surface area contributed by atoms with Gasteiger partial charge in [0, 0.05) is 10.8 Å². The number of rotatable bonds is 1. The molecule has 0 spiro atoms. The van der Waals surface area contributed by atoms with E-state index in [-0.39, 0.29) is 5.41 Å². The summed E-state index contributed by atoms with van der Waals surface area (Å²) in [5.74, 6) is 0.914. The van der Waals surface area contributed by atoms with Crippen LogP contribution in [0.15, 0.2) is 11.4 Å². The van der Waals surface area contributed by atoms with E-state index in [2.05, 4.69) is 16.9 Å². The maximum absolute atomic E-state index is 6.09. The number of hydrogen-bond acceptors (Lipinski definition) is 3. The van der Waals surface area contributed by atoms with E-state index in [1.165, 1.54) is 12.8 Å². The lowest BCUT2D eigenvalue weighted by Crippen LogP contribution is -2.06. The number of halogens is 1. The van der Waals surface area contributed by atoms with Crippen LogP contribution in [-0.4, -0.2) is 9.97 Å². The summed E-state index contributed by atoms with van der Waals surface area (Å²) < 4.78 is 0. The monoisotopic (exact) mass is 224 g/mol. The maximum atomic E-state index is 6.09. The van der Waals surface area contributed by atoms with Gasteiger partial charge in [-0.05, 0) is 24.3 Å². The van der Waals surface area contributed by atoms with Crippen LogP contribution in [0.25, 0.3) is 10.2 Å². The van der Waals surface area contributed by atoms with Crippen molar-refractivity contribution in [1.82, 2.24) is 9.97 Å². The van der Waals surface area contributed by atoms with Gasteiger partial charge in [0.05, 0.1) is 0 Å². The summed E-state index contributed by atoms with van der Waals surface area (Å²) in [5.41, 5.74) is 0.196. The Morgan fingerprint density at radius 3 is 2.93 bits per heavy atom. The van der Waals surface area contributed by atoms with Crippen LogP contribution in [0, 0.1) is 0 Å². The first-order valence-corrected chi connectivity index (χ1v) is 5.86. The van der Waals surface area contributed by atoms with Gasteiger partial charge in [0.15, 0.2) is 0 Å². The molecule has 1 aliphatic rings. The molecule has 1 aliphatic carbocycles. The van der Waals surface area contributed by atoms with Crippen molar-refractivity contribution in [3.63, 3.8) is 0 Å². The third-order valence-corrected chi connectivity index (χ3v) is 3.91. The van der Waals surface area contributed by atoms with Crippen molar-refractivity contribution in [2.24, 2.45) is 0 Å². The fraction of sp³-hybridized carbons (Fsp3) is 0.400. The maximum Gasteiger partial charge on any atom is 0.141 e. The van der Waals surface area contributed by atoms with Crippen molar-refractivity contribution in [1.29, 1.82) is 0 Å². The Bertz CT molecular complexity index is 502. The largest absolute Gasteiger partial charge is 0.221 e. The zero-order valence-electron chi connectivity index (χ0n) is 7.75. The summed E-state index contributed by atoms with van der Waals surface area (Å²) in [6.07, 6.45) is 2.36. The minimum Gasteiger partial charge on any atom is -0.221 e. The van der Waals surface area contributed by atoms with Crippen LogP contribution in [-0.2, 0) is 5.41 Å². The molecular weight excluding hydrogens is 216 g/mol. The van der Waals surface area contributed by atoms with Crippen LogP contribution in [0.1, 0.15) is 25.6 Å². The Labute approximate surface area is 90.9 Å². The molecule has 0 bridgehead atoms. The number of aromatic nitrogens is 2. The first kappa shape index (κ1) is 8.62. The Morgan fingerprint density at radius 1 is 1.43 bits per heavy atom. The highest BCUT2D eigenvalue weighted by Gasteiger charge is 2.42. The van der Waals surface area contributed by atoms with Crippen molar-refractivity contribution in [2.45, 2.75) is 25.2 Å². The summed E-state index contributed by atoms with van der Waals surface area (Å²) >= 11 is 7.72. The van der Waals surface area contributed by atoms with E-state index in [0.29, 0.717) is 5.15 Å². The van der Waals surface area contributed by atoms with Crippen molar-refractivity contribution >= 4 is 33.2 Å². The van der Waals surface area contributed by atoms with E-state index in [0.717, 1.165) is 16.0 Å². The molecule has 2 aromatic heterocycles. The zero-order valence-corrected chi connectivity index (χ0v) is 9.32. The number of fused-ring (bicyclic) bond motifs is 1. The Kier molecular flexibility index (Phi) is 1.65. The Balaban J connectivity index is 2.27. The van der Waals surface area contributed by atoms with Gasteiger partial charge in [-0.15, -0.1) is 11.3 Å². The van der Waals surface area contributed by atoms with E-state index in [9.17, 15) is 0 Å². The molecule has 0 atom stereocenters. The lowest BCUT2D eigenvalue weighted by atomic mass is 10.1. The molecule has 0 amide bonds. The fourth-order valence-corrected chi connectivity index (χ4v) is 2.55. The quantitative estimate of drug-likeness (QED) is 0.694. The molecule has 0 aromatic carbocycles. The Hall–Kier alpha value is -0.670. The zero-order chi connectivity index (χ0) is 9.76. The van der Waals surface area contributed by atoms with Gasteiger partial charge < -0.3 is 0 Å².